The van der Waals surface area contributed by atoms with Crippen LogP contribution in [0, 0.1) is 11.7 Å². The normalized spacial score (nSPS) is 15.2. The summed E-state index contributed by atoms with van der Waals surface area (Å²) in [6.45, 7) is 2.79. The first-order valence-corrected chi connectivity index (χ1v) is 9.73. The van der Waals surface area contributed by atoms with Gasteiger partial charge in [0.15, 0.2) is 0 Å². The van der Waals surface area contributed by atoms with Gasteiger partial charge in [-0.25, -0.2) is 4.39 Å². The summed E-state index contributed by atoms with van der Waals surface area (Å²) in [6.07, 6.45) is 2.81. The number of hydrogen-bond donors (Lipinski definition) is 0. The number of rotatable bonds is 4. The molecular weight excluding hydrogens is 377 g/mol. The standard InChI is InChI=1S/C21H22FN3O4/c1-2-29-21(28)14-7-10-23(11-8-14)19(26)13-25-18-12-15(22)5-6-16(18)24-9-3-4-17(24)20(25)27/h3-6,9,12,14H,2,7-8,10-11,13H2,1H3. The summed E-state index contributed by atoms with van der Waals surface area (Å²) < 4.78 is 22.0. The first-order chi connectivity index (χ1) is 14.0. The molecule has 3 aromatic rings. The van der Waals surface area contributed by atoms with Crippen molar-refractivity contribution in [2.45, 2.75) is 26.3 Å². The van der Waals surface area contributed by atoms with Crippen molar-refractivity contribution in [3.05, 3.63) is 52.7 Å². The van der Waals surface area contributed by atoms with E-state index in [4.69, 9.17) is 4.74 Å². The average Bonchev–Trinajstić information content (AvgIpc) is 3.21. The molecule has 8 heteroatoms. The molecule has 0 N–H and O–H groups in total. The summed E-state index contributed by atoms with van der Waals surface area (Å²) in [7, 11) is 0. The Hall–Kier alpha value is -3.16. The van der Waals surface area contributed by atoms with Gasteiger partial charge in [-0.2, -0.15) is 0 Å². The summed E-state index contributed by atoms with van der Waals surface area (Å²) in [6, 6.07) is 7.63. The highest BCUT2D eigenvalue weighted by atomic mass is 19.1. The van der Waals surface area contributed by atoms with Crippen LogP contribution in [0.15, 0.2) is 41.3 Å². The van der Waals surface area contributed by atoms with Gasteiger partial charge in [0.1, 0.15) is 17.9 Å². The molecule has 1 aliphatic rings. The molecule has 0 atom stereocenters. The number of carbonyl (C=O) groups excluding carboxylic acids is 2. The number of piperidine rings is 1. The van der Waals surface area contributed by atoms with Crippen molar-refractivity contribution in [3.8, 4) is 0 Å². The molecule has 1 aliphatic heterocycles. The molecule has 2 aromatic heterocycles. The van der Waals surface area contributed by atoms with Crippen LogP contribution in [0.3, 0.4) is 0 Å². The molecule has 0 bridgehead atoms. The minimum Gasteiger partial charge on any atom is -0.466 e. The lowest BCUT2D eigenvalue weighted by molar-refractivity contribution is -0.151. The van der Waals surface area contributed by atoms with E-state index in [1.165, 1.54) is 16.7 Å². The fraction of sp³-hybridized carbons (Fsp3) is 0.381. The highest BCUT2D eigenvalue weighted by Gasteiger charge is 2.28. The molecule has 0 saturated carbocycles. The lowest BCUT2D eigenvalue weighted by atomic mass is 9.97. The van der Waals surface area contributed by atoms with Crippen molar-refractivity contribution in [3.63, 3.8) is 0 Å². The van der Waals surface area contributed by atoms with Gasteiger partial charge >= 0.3 is 5.97 Å². The maximum Gasteiger partial charge on any atom is 0.309 e. The first kappa shape index (κ1) is 19.2. The summed E-state index contributed by atoms with van der Waals surface area (Å²) in [5.74, 6) is -1.12. The minimum atomic E-state index is -0.472. The Balaban J connectivity index is 1.60. The van der Waals surface area contributed by atoms with Gasteiger partial charge in [-0.1, -0.05) is 0 Å². The van der Waals surface area contributed by atoms with E-state index >= 15 is 0 Å². The predicted octanol–water partition coefficient (Wildman–Crippen LogP) is 2.19. The fourth-order valence-electron chi connectivity index (χ4n) is 3.95. The third-order valence-corrected chi connectivity index (χ3v) is 5.46. The zero-order chi connectivity index (χ0) is 20.5. The minimum absolute atomic E-state index is 0.176. The van der Waals surface area contributed by atoms with E-state index in [0.717, 1.165) is 0 Å². The van der Waals surface area contributed by atoms with Crippen LogP contribution in [-0.2, 0) is 20.9 Å². The van der Waals surface area contributed by atoms with E-state index in [-0.39, 0.29) is 29.9 Å². The highest BCUT2D eigenvalue weighted by molar-refractivity contribution is 5.83. The number of benzene rings is 1. The first-order valence-electron chi connectivity index (χ1n) is 9.73. The van der Waals surface area contributed by atoms with Gasteiger partial charge in [-0.05, 0) is 50.1 Å². The Morgan fingerprint density at radius 3 is 2.62 bits per heavy atom. The molecule has 7 nitrogen and oxygen atoms in total. The Morgan fingerprint density at radius 2 is 1.90 bits per heavy atom. The SMILES string of the molecule is CCOC(=O)C1CCN(C(=O)Cn2c(=O)c3cccn3c3ccc(F)cc32)CC1. The maximum atomic E-state index is 13.9. The van der Waals surface area contributed by atoms with E-state index in [2.05, 4.69) is 0 Å². The molecule has 0 unspecified atom stereocenters. The molecule has 1 fully saturated rings. The number of aromatic nitrogens is 2. The number of hydrogen-bond acceptors (Lipinski definition) is 4. The second-order valence-electron chi connectivity index (χ2n) is 7.19. The van der Waals surface area contributed by atoms with E-state index in [0.29, 0.717) is 49.1 Å². The topological polar surface area (TPSA) is 73.0 Å². The number of fused-ring (bicyclic) bond motifs is 3. The summed E-state index contributed by atoms with van der Waals surface area (Å²) in [5.41, 5.74) is 1.11. The van der Waals surface area contributed by atoms with Crippen LogP contribution in [-0.4, -0.2) is 45.4 Å². The number of amides is 1. The van der Waals surface area contributed by atoms with E-state index in [1.807, 2.05) is 0 Å². The Labute approximate surface area is 166 Å². The Bertz CT molecular complexity index is 1140. The maximum absolute atomic E-state index is 13.9. The van der Waals surface area contributed by atoms with E-state index in [9.17, 15) is 18.8 Å². The van der Waals surface area contributed by atoms with Crippen LogP contribution in [0.4, 0.5) is 4.39 Å². The van der Waals surface area contributed by atoms with Gasteiger partial charge in [-0.3, -0.25) is 19.0 Å². The number of halogens is 1. The molecule has 152 valence electrons. The van der Waals surface area contributed by atoms with Crippen LogP contribution < -0.4 is 5.56 Å². The lowest BCUT2D eigenvalue weighted by Gasteiger charge is -2.31. The highest BCUT2D eigenvalue weighted by Crippen LogP contribution is 2.20. The van der Waals surface area contributed by atoms with Crippen LogP contribution in [0.1, 0.15) is 19.8 Å². The largest absolute Gasteiger partial charge is 0.466 e. The third-order valence-electron chi connectivity index (χ3n) is 5.46. The second kappa shape index (κ2) is 7.69. The van der Waals surface area contributed by atoms with Crippen molar-refractivity contribution in [2.75, 3.05) is 19.7 Å². The van der Waals surface area contributed by atoms with Crippen LogP contribution >= 0.6 is 0 Å². The summed E-state index contributed by atoms with van der Waals surface area (Å²) >= 11 is 0. The van der Waals surface area contributed by atoms with E-state index < -0.39 is 5.82 Å². The van der Waals surface area contributed by atoms with Crippen molar-refractivity contribution < 1.29 is 18.7 Å². The molecule has 1 amide bonds. The fourth-order valence-corrected chi connectivity index (χ4v) is 3.95. The van der Waals surface area contributed by atoms with Crippen LogP contribution in [0.5, 0.6) is 0 Å². The van der Waals surface area contributed by atoms with Crippen LogP contribution in [0.2, 0.25) is 0 Å². The van der Waals surface area contributed by atoms with Crippen LogP contribution in [0.25, 0.3) is 16.6 Å². The monoisotopic (exact) mass is 399 g/mol. The zero-order valence-electron chi connectivity index (χ0n) is 16.1. The van der Waals surface area contributed by atoms with E-state index in [1.54, 1.807) is 40.6 Å². The number of nitrogens with zero attached hydrogens (tertiary/aromatic N) is 3. The van der Waals surface area contributed by atoms with Crippen molar-refractivity contribution in [2.24, 2.45) is 5.92 Å². The van der Waals surface area contributed by atoms with Gasteiger partial charge in [0.2, 0.25) is 5.91 Å². The number of carbonyl (C=O) groups is 2. The average molecular weight is 399 g/mol. The van der Waals surface area contributed by atoms with Gasteiger partial charge in [0.05, 0.1) is 23.6 Å². The number of esters is 1. The smallest absolute Gasteiger partial charge is 0.309 e. The van der Waals surface area contributed by atoms with Crippen molar-refractivity contribution in [1.82, 2.24) is 13.9 Å². The van der Waals surface area contributed by atoms with Gasteiger partial charge < -0.3 is 14.0 Å². The molecule has 0 spiro atoms. The summed E-state index contributed by atoms with van der Waals surface area (Å²) in [4.78, 5) is 39.3. The summed E-state index contributed by atoms with van der Waals surface area (Å²) in [5, 5.41) is 0. The molecule has 1 aromatic carbocycles. The molecule has 0 radical (unpaired) electrons. The third kappa shape index (κ3) is 3.50. The molecule has 29 heavy (non-hydrogen) atoms. The van der Waals surface area contributed by atoms with Gasteiger partial charge in [-0.15, -0.1) is 0 Å². The predicted molar refractivity (Wildman–Crippen MR) is 105 cm³/mol. The number of likely N-dealkylation sites (tertiary alicyclic amines) is 1. The Morgan fingerprint density at radius 1 is 1.14 bits per heavy atom. The van der Waals surface area contributed by atoms with Crippen molar-refractivity contribution >= 4 is 28.4 Å². The second-order valence-corrected chi connectivity index (χ2v) is 7.19. The molecule has 1 saturated heterocycles. The van der Waals surface area contributed by atoms with Gasteiger partial charge in [0, 0.05) is 19.3 Å². The molecule has 0 aliphatic carbocycles. The quantitative estimate of drug-likeness (QED) is 0.631. The Kier molecular flexibility index (Phi) is 5.08. The molecule has 4 rings (SSSR count). The number of ether oxygens (including phenoxy) is 1. The molecular formula is C21H22FN3O4. The van der Waals surface area contributed by atoms with Crippen molar-refractivity contribution in [1.29, 1.82) is 0 Å². The van der Waals surface area contributed by atoms with Gasteiger partial charge in [0.25, 0.3) is 5.56 Å². The zero-order valence-corrected chi connectivity index (χ0v) is 16.1. The molecule has 3 heterocycles. The lowest BCUT2D eigenvalue weighted by Crippen LogP contribution is -2.43.